The summed E-state index contributed by atoms with van der Waals surface area (Å²) in [5, 5.41) is 11.6. The highest BCUT2D eigenvalue weighted by Gasteiger charge is 2.45. The molecule has 1 aliphatic rings. The number of aliphatic hydroxyl groups excluding tert-OH is 1. The van der Waals surface area contributed by atoms with E-state index in [0.29, 0.717) is 16.8 Å². The molecule has 164 valence electrons. The predicted molar refractivity (Wildman–Crippen MR) is 125 cm³/mol. The van der Waals surface area contributed by atoms with Gasteiger partial charge in [0.1, 0.15) is 5.58 Å². The van der Waals surface area contributed by atoms with Gasteiger partial charge in [-0.1, -0.05) is 24.3 Å². The summed E-state index contributed by atoms with van der Waals surface area (Å²) in [6.07, 6.45) is 3.20. The highest BCUT2D eigenvalue weighted by atomic mass is 16.3. The maximum absolute atomic E-state index is 13.6. The van der Waals surface area contributed by atoms with Gasteiger partial charge in [0.25, 0.3) is 5.91 Å². The number of carbonyl (C=O) groups is 2. The quantitative estimate of drug-likeness (QED) is 0.455. The van der Waals surface area contributed by atoms with Crippen LogP contribution in [0.3, 0.4) is 0 Å². The van der Waals surface area contributed by atoms with E-state index < -0.39 is 23.5 Å². The maximum Gasteiger partial charge on any atom is 0.294 e. The van der Waals surface area contributed by atoms with Crippen LogP contribution < -0.4 is 9.80 Å². The lowest BCUT2D eigenvalue weighted by Gasteiger charge is -2.27. The first-order valence-corrected chi connectivity index (χ1v) is 10.4. The summed E-state index contributed by atoms with van der Waals surface area (Å²) < 4.78 is 5.75. The van der Waals surface area contributed by atoms with E-state index in [0.717, 1.165) is 11.1 Å². The maximum atomic E-state index is 13.6. The molecule has 1 atom stereocenters. The minimum absolute atomic E-state index is 0.0382. The van der Waals surface area contributed by atoms with Crippen molar-refractivity contribution in [2.45, 2.75) is 6.04 Å². The fraction of sp³-hybridized carbons (Fsp3) is 0.115. The minimum Gasteiger partial charge on any atom is -0.503 e. The number of amides is 1. The molecule has 0 fully saturated rings. The van der Waals surface area contributed by atoms with Gasteiger partial charge < -0.3 is 14.4 Å². The number of hydrogen-bond acceptors (Lipinski definition) is 6. The van der Waals surface area contributed by atoms with Crippen molar-refractivity contribution in [3.63, 3.8) is 0 Å². The van der Waals surface area contributed by atoms with E-state index in [9.17, 15) is 14.7 Å². The van der Waals surface area contributed by atoms with E-state index >= 15 is 0 Å². The average molecular weight is 439 g/mol. The van der Waals surface area contributed by atoms with Gasteiger partial charge in [-0.3, -0.25) is 19.5 Å². The Bertz CT molecular complexity index is 1360. The van der Waals surface area contributed by atoms with Crippen molar-refractivity contribution in [2.24, 2.45) is 0 Å². The molecule has 1 amide bonds. The third-order valence-electron chi connectivity index (χ3n) is 5.75. The number of aromatic nitrogens is 1. The number of furan rings is 1. The van der Waals surface area contributed by atoms with Crippen LogP contribution in [0.5, 0.6) is 0 Å². The van der Waals surface area contributed by atoms with Gasteiger partial charge in [0, 0.05) is 43.3 Å². The first-order valence-electron chi connectivity index (χ1n) is 10.4. The van der Waals surface area contributed by atoms with Gasteiger partial charge >= 0.3 is 0 Å². The summed E-state index contributed by atoms with van der Waals surface area (Å²) in [4.78, 5) is 34.3. The first-order chi connectivity index (χ1) is 16.0. The molecule has 1 unspecified atom stereocenters. The number of nitrogens with zero attached hydrogens (tertiary/aromatic N) is 3. The second-order valence-electron chi connectivity index (χ2n) is 8.01. The number of ketones is 1. The van der Waals surface area contributed by atoms with Crippen molar-refractivity contribution in [2.75, 3.05) is 23.9 Å². The van der Waals surface area contributed by atoms with E-state index in [1.807, 2.05) is 49.3 Å². The molecule has 2 aromatic carbocycles. The van der Waals surface area contributed by atoms with E-state index in [-0.39, 0.29) is 11.3 Å². The molecule has 5 rings (SSSR count). The molecule has 3 heterocycles. The molecule has 4 aromatic rings. The summed E-state index contributed by atoms with van der Waals surface area (Å²) in [7, 11) is 3.85. The first kappa shape index (κ1) is 20.5. The number of aliphatic hydroxyl groups is 1. The lowest BCUT2D eigenvalue weighted by Crippen LogP contribution is -2.31. The van der Waals surface area contributed by atoms with Crippen molar-refractivity contribution in [3.8, 4) is 0 Å². The zero-order valence-electron chi connectivity index (χ0n) is 18.1. The Morgan fingerprint density at radius 3 is 2.48 bits per heavy atom. The summed E-state index contributed by atoms with van der Waals surface area (Å²) in [6.45, 7) is 0. The standard InChI is InChI=1S/C26H21N3O4/c1-28(2)18-9-11-19(12-10-18)29-23(17-7-5-13-27-15-17)22(25(31)26(29)32)24(30)21-14-16-6-3-4-8-20(16)33-21/h3-15,23,31H,1-2H3. The summed E-state index contributed by atoms with van der Waals surface area (Å²) in [5.41, 5.74) is 2.63. The molecule has 1 aliphatic heterocycles. The topological polar surface area (TPSA) is 86.9 Å². The fourth-order valence-electron chi connectivity index (χ4n) is 4.09. The lowest BCUT2D eigenvalue weighted by molar-refractivity contribution is -0.117. The molecule has 0 spiro atoms. The Balaban J connectivity index is 1.62. The Kier molecular flexibility index (Phi) is 4.94. The van der Waals surface area contributed by atoms with Gasteiger partial charge in [0.05, 0.1) is 11.6 Å². The van der Waals surface area contributed by atoms with Crippen LogP contribution in [-0.2, 0) is 4.79 Å². The molecular formula is C26H21N3O4. The van der Waals surface area contributed by atoms with Gasteiger partial charge in [-0.05, 0) is 48.0 Å². The molecule has 7 heteroatoms. The number of fused-ring (bicyclic) bond motifs is 1. The molecule has 7 nitrogen and oxygen atoms in total. The van der Waals surface area contributed by atoms with Crippen molar-refractivity contribution in [1.82, 2.24) is 4.98 Å². The molecule has 0 bridgehead atoms. The molecule has 0 saturated carbocycles. The summed E-state index contributed by atoms with van der Waals surface area (Å²) in [5.74, 6) is -1.73. The van der Waals surface area contributed by atoms with Gasteiger partial charge in [0.2, 0.25) is 5.78 Å². The zero-order valence-corrected chi connectivity index (χ0v) is 18.1. The average Bonchev–Trinajstić information content (AvgIpc) is 3.38. The van der Waals surface area contributed by atoms with Crippen LogP contribution in [0.25, 0.3) is 11.0 Å². The van der Waals surface area contributed by atoms with Crippen LogP contribution in [0.4, 0.5) is 11.4 Å². The molecular weight excluding hydrogens is 418 g/mol. The van der Waals surface area contributed by atoms with Crippen LogP contribution in [0.15, 0.2) is 94.9 Å². The third-order valence-corrected chi connectivity index (χ3v) is 5.75. The van der Waals surface area contributed by atoms with E-state index in [2.05, 4.69) is 4.98 Å². The number of anilines is 2. The largest absolute Gasteiger partial charge is 0.503 e. The van der Waals surface area contributed by atoms with Gasteiger partial charge in [-0.15, -0.1) is 0 Å². The Morgan fingerprint density at radius 1 is 1.06 bits per heavy atom. The van der Waals surface area contributed by atoms with E-state index in [1.54, 1.807) is 48.8 Å². The van der Waals surface area contributed by atoms with Crippen molar-refractivity contribution < 1.29 is 19.1 Å². The summed E-state index contributed by atoms with van der Waals surface area (Å²) in [6, 6.07) is 18.9. The molecule has 2 aromatic heterocycles. The number of Topliss-reactive ketones (excluding diaryl/α,β-unsaturated/α-hetero) is 1. The number of hydrogen-bond donors (Lipinski definition) is 1. The second kappa shape index (κ2) is 7.94. The van der Waals surface area contributed by atoms with Crippen LogP contribution in [0.2, 0.25) is 0 Å². The Labute approximate surface area is 190 Å². The van der Waals surface area contributed by atoms with Crippen LogP contribution in [0.1, 0.15) is 22.2 Å². The van der Waals surface area contributed by atoms with E-state index in [1.165, 1.54) is 4.90 Å². The van der Waals surface area contributed by atoms with Gasteiger partial charge in [-0.25, -0.2) is 0 Å². The SMILES string of the molecule is CN(C)c1ccc(N2C(=O)C(O)=C(C(=O)c3cc4ccccc4o3)C2c2cccnc2)cc1. The van der Waals surface area contributed by atoms with Crippen molar-refractivity contribution >= 4 is 34.0 Å². The smallest absolute Gasteiger partial charge is 0.294 e. The molecule has 0 radical (unpaired) electrons. The number of rotatable bonds is 5. The third kappa shape index (κ3) is 3.43. The van der Waals surface area contributed by atoms with Crippen LogP contribution in [0, 0.1) is 0 Å². The number of carbonyl (C=O) groups excluding carboxylic acids is 2. The lowest BCUT2D eigenvalue weighted by atomic mass is 9.96. The Morgan fingerprint density at radius 2 is 1.82 bits per heavy atom. The van der Waals surface area contributed by atoms with E-state index in [4.69, 9.17) is 4.42 Å². The predicted octanol–water partition coefficient (Wildman–Crippen LogP) is 4.68. The molecule has 1 N–H and O–H groups in total. The highest BCUT2D eigenvalue weighted by Crippen LogP contribution is 2.42. The Hall–Kier alpha value is -4.39. The van der Waals surface area contributed by atoms with Crippen molar-refractivity contribution in [3.05, 3.63) is 102 Å². The highest BCUT2D eigenvalue weighted by molar-refractivity contribution is 6.20. The second-order valence-corrected chi connectivity index (χ2v) is 8.01. The van der Waals surface area contributed by atoms with Crippen LogP contribution >= 0.6 is 0 Å². The van der Waals surface area contributed by atoms with Gasteiger partial charge in [-0.2, -0.15) is 0 Å². The summed E-state index contributed by atoms with van der Waals surface area (Å²) >= 11 is 0. The number of pyridine rings is 1. The zero-order chi connectivity index (χ0) is 23.1. The molecule has 0 aliphatic carbocycles. The number of benzene rings is 2. The number of para-hydroxylation sites is 1. The monoisotopic (exact) mass is 439 g/mol. The molecule has 33 heavy (non-hydrogen) atoms. The van der Waals surface area contributed by atoms with Gasteiger partial charge in [0.15, 0.2) is 11.5 Å². The fourth-order valence-corrected chi connectivity index (χ4v) is 4.09. The normalized spacial score (nSPS) is 16.0. The van der Waals surface area contributed by atoms with Crippen molar-refractivity contribution in [1.29, 1.82) is 0 Å². The molecule has 0 saturated heterocycles. The minimum atomic E-state index is -0.850. The van der Waals surface area contributed by atoms with Crippen LogP contribution in [-0.4, -0.2) is 35.9 Å².